The first-order valence-electron chi connectivity index (χ1n) is 11.1. The Balaban J connectivity index is 1.47. The lowest BCUT2D eigenvalue weighted by Crippen LogP contribution is -2.50. The van der Waals surface area contributed by atoms with Crippen LogP contribution in [0.15, 0.2) is 24.3 Å². The topological polar surface area (TPSA) is 54.0 Å². The molecule has 6 nitrogen and oxygen atoms in total. The van der Waals surface area contributed by atoms with Gasteiger partial charge in [0.05, 0.1) is 12.3 Å². The highest BCUT2D eigenvalue weighted by Gasteiger charge is 2.26. The van der Waals surface area contributed by atoms with Gasteiger partial charge in [-0.05, 0) is 65.1 Å². The lowest BCUT2D eigenvalue weighted by molar-refractivity contribution is 0.0240. The molecule has 1 N–H and O–H groups in total. The first-order valence-corrected chi connectivity index (χ1v) is 11.1. The Kier molecular flexibility index (Phi) is 7.64. The molecule has 6 heteroatoms. The molecule has 2 fully saturated rings. The van der Waals surface area contributed by atoms with E-state index in [1.807, 2.05) is 32.9 Å². The zero-order valence-corrected chi connectivity index (χ0v) is 18.3. The minimum Gasteiger partial charge on any atom is -0.491 e. The predicted octanol–water partition coefficient (Wildman–Crippen LogP) is 4.04. The molecule has 1 aromatic rings. The second kappa shape index (κ2) is 10.2. The van der Waals surface area contributed by atoms with Crippen LogP contribution < -0.4 is 15.0 Å². The number of piperidine rings is 1. The van der Waals surface area contributed by atoms with Gasteiger partial charge in [0.25, 0.3) is 0 Å². The van der Waals surface area contributed by atoms with Crippen LogP contribution in [0.5, 0.6) is 5.75 Å². The number of hydrogen-bond donors (Lipinski definition) is 1. The highest BCUT2D eigenvalue weighted by atomic mass is 16.6. The van der Waals surface area contributed by atoms with E-state index in [0.717, 1.165) is 44.1 Å². The number of piperazine rings is 1. The molecule has 0 saturated carbocycles. The van der Waals surface area contributed by atoms with Gasteiger partial charge >= 0.3 is 6.09 Å². The molecule has 0 aliphatic carbocycles. The fraction of sp³-hybridized carbons (Fsp3) is 0.696. The zero-order chi connectivity index (χ0) is 20.7. The monoisotopic (exact) mass is 403 g/mol. The normalized spacial score (nSPS) is 20.4. The third-order valence-electron chi connectivity index (χ3n) is 5.50. The Morgan fingerprint density at radius 3 is 2.59 bits per heavy atom. The van der Waals surface area contributed by atoms with Crippen molar-refractivity contribution in [3.8, 4) is 5.75 Å². The van der Waals surface area contributed by atoms with E-state index in [0.29, 0.717) is 19.1 Å². The maximum absolute atomic E-state index is 12.3. The van der Waals surface area contributed by atoms with Crippen LogP contribution in [-0.4, -0.2) is 62.0 Å². The van der Waals surface area contributed by atoms with Crippen LogP contribution in [0, 0.1) is 0 Å². The molecule has 2 saturated heterocycles. The minimum atomic E-state index is -0.457. The summed E-state index contributed by atoms with van der Waals surface area (Å²) in [6, 6.07) is 8.89. The van der Waals surface area contributed by atoms with Crippen molar-refractivity contribution in [3.63, 3.8) is 0 Å². The number of anilines is 1. The van der Waals surface area contributed by atoms with Crippen molar-refractivity contribution in [1.29, 1.82) is 0 Å². The smallest absolute Gasteiger partial charge is 0.410 e. The largest absolute Gasteiger partial charge is 0.491 e. The number of para-hydroxylation sites is 2. The summed E-state index contributed by atoms with van der Waals surface area (Å²) in [6.45, 7) is 10.5. The number of hydrogen-bond acceptors (Lipinski definition) is 5. The van der Waals surface area contributed by atoms with Gasteiger partial charge in [-0.1, -0.05) is 18.6 Å². The van der Waals surface area contributed by atoms with Crippen molar-refractivity contribution in [3.05, 3.63) is 24.3 Å². The van der Waals surface area contributed by atoms with Gasteiger partial charge in [0.15, 0.2) is 0 Å². The fourth-order valence-corrected chi connectivity index (χ4v) is 3.98. The molecule has 1 unspecified atom stereocenters. The number of benzene rings is 1. The quantitative estimate of drug-likeness (QED) is 0.727. The Labute approximate surface area is 175 Å². The van der Waals surface area contributed by atoms with Crippen molar-refractivity contribution in [2.75, 3.05) is 44.2 Å². The zero-order valence-electron chi connectivity index (χ0n) is 18.3. The van der Waals surface area contributed by atoms with Gasteiger partial charge in [-0.25, -0.2) is 4.79 Å². The van der Waals surface area contributed by atoms with Gasteiger partial charge in [-0.15, -0.1) is 0 Å². The number of amides is 1. The van der Waals surface area contributed by atoms with Crippen LogP contribution in [-0.2, 0) is 4.74 Å². The molecule has 1 amide bonds. The fourth-order valence-electron chi connectivity index (χ4n) is 3.98. The highest BCUT2D eigenvalue weighted by molar-refractivity contribution is 5.69. The van der Waals surface area contributed by atoms with Gasteiger partial charge in [-0.3, -0.25) is 0 Å². The average Bonchev–Trinajstić information content (AvgIpc) is 2.71. The molecule has 2 aliphatic rings. The van der Waals surface area contributed by atoms with E-state index < -0.39 is 5.60 Å². The van der Waals surface area contributed by atoms with E-state index in [1.165, 1.54) is 25.7 Å². The van der Waals surface area contributed by atoms with Gasteiger partial charge in [0, 0.05) is 32.2 Å². The standard InChI is InChI=1S/C23H37N3O3/c1-23(2,3)29-22(27)26-16-14-25(15-17-26)20-11-4-5-12-21(20)28-18-8-10-19-9-6-7-13-24-19/h4-5,11-12,19,24H,6-10,13-18H2,1-3H3. The molecule has 0 spiro atoms. The second-order valence-corrected chi connectivity index (χ2v) is 9.06. The summed E-state index contributed by atoms with van der Waals surface area (Å²) in [5.41, 5.74) is 0.661. The Morgan fingerprint density at radius 1 is 1.14 bits per heavy atom. The van der Waals surface area contributed by atoms with Crippen molar-refractivity contribution >= 4 is 11.8 Å². The van der Waals surface area contributed by atoms with Crippen molar-refractivity contribution in [1.82, 2.24) is 10.2 Å². The molecule has 2 heterocycles. The molecule has 0 aromatic heterocycles. The van der Waals surface area contributed by atoms with E-state index in [4.69, 9.17) is 9.47 Å². The van der Waals surface area contributed by atoms with Crippen LogP contribution in [0.1, 0.15) is 52.9 Å². The Bertz CT molecular complexity index is 645. The molecule has 0 radical (unpaired) electrons. The minimum absolute atomic E-state index is 0.224. The SMILES string of the molecule is CC(C)(C)OC(=O)N1CCN(c2ccccc2OCCCC2CCCCN2)CC1. The van der Waals surface area contributed by atoms with Crippen molar-refractivity contribution < 1.29 is 14.3 Å². The summed E-state index contributed by atoms with van der Waals surface area (Å²) >= 11 is 0. The number of nitrogens with zero attached hydrogens (tertiary/aromatic N) is 2. The van der Waals surface area contributed by atoms with Crippen LogP contribution in [0.2, 0.25) is 0 Å². The molecule has 1 atom stereocenters. The van der Waals surface area contributed by atoms with E-state index in [1.54, 1.807) is 4.90 Å². The first-order chi connectivity index (χ1) is 13.9. The molecule has 3 rings (SSSR count). The first kappa shape index (κ1) is 21.8. The number of nitrogens with one attached hydrogen (secondary N) is 1. The summed E-state index contributed by atoms with van der Waals surface area (Å²) in [5, 5.41) is 3.60. The maximum atomic E-state index is 12.3. The number of ether oxygens (including phenoxy) is 2. The summed E-state index contributed by atoms with van der Waals surface area (Å²) in [4.78, 5) is 16.4. The molecule has 162 valence electrons. The summed E-state index contributed by atoms with van der Waals surface area (Å²) in [7, 11) is 0. The van der Waals surface area contributed by atoms with E-state index in [9.17, 15) is 4.79 Å². The van der Waals surface area contributed by atoms with Gasteiger partial charge in [0.1, 0.15) is 11.4 Å². The molecule has 29 heavy (non-hydrogen) atoms. The van der Waals surface area contributed by atoms with Gasteiger partial charge in [0.2, 0.25) is 0 Å². The molecular formula is C23H37N3O3. The molecule has 0 bridgehead atoms. The van der Waals surface area contributed by atoms with E-state index >= 15 is 0 Å². The highest BCUT2D eigenvalue weighted by Crippen LogP contribution is 2.29. The van der Waals surface area contributed by atoms with Crippen LogP contribution in [0.25, 0.3) is 0 Å². The molecule has 1 aromatic carbocycles. The number of carbonyl (C=O) groups is 1. The molecular weight excluding hydrogens is 366 g/mol. The third kappa shape index (κ3) is 6.81. The maximum Gasteiger partial charge on any atom is 0.410 e. The van der Waals surface area contributed by atoms with Crippen LogP contribution in [0.3, 0.4) is 0 Å². The van der Waals surface area contributed by atoms with Crippen LogP contribution in [0.4, 0.5) is 10.5 Å². The summed E-state index contributed by atoms with van der Waals surface area (Å²) in [6.07, 6.45) is 5.96. The summed E-state index contributed by atoms with van der Waals surface area (Å²) < 4.78 is 11.6. The van der Waals surface area contributed by atoms with Crippen molar-refractivity contribution in [2.24, 2.45) is 0 Å². The Morgan fingerprint density at radius 2 is 1.90 bits per heavy atom. The number of carbonyl (C=O) groups excluding carboxylic acids is 1. The van der Waals surface area contributed by atoms with Crippen molar-refractivity contribution in [2.45, 2.75) is 64.5 Å². The van der Waals surface area contributed by atoms with Gasteiger partial charge < -0.3 is 24.6 Å². The van der Waals surface area contributed by atoms with Gasteiger partial charge in [-0.2, -0.15) is 0 Å². The lowest BCUT2D eigenvalue weighted by atomic mass is 10.0. The summed E-state index contributed by atoms with van der Waals surface area (Å²) in [5.74, 6) is 0.940. The van der Waals surface area contributed by atoms with Crippen LogP contribution >= 0.6 is 0 Å². The third-order valence-corrected chi connectivity index (χ3v) is 5.50. The molecule has 2 aliphatic heterocycles. The lowest BCUT2D eigenvalue weighted by Gasteiger charge is -2.37. The predicted molar refractivity (Wildman–Crippen MR) is 117 cm³/mol. The second-order valence-electron chi connectivity index (χ2n) is 9.06. The van der Waals surface area contributed by atoms with E-state index in [2.05, 4.69) is 22.3 Å². The average molecular weight is 404 g/mol. The Hall–Kier alpha value is -1.95. The number of rotatable bonds is 6. The van der Waals surface area contributed by atoms with E-state index in [-0.39, 0.29) is 6.09 Å².